The molecule has 3 rings (SSSR count). The normalized spacial score (nSPS) is 18.0. The number of thioether (sulfide) groups is 1. The number of aliphatic imine (C=N–C) groups is 1. The van der Waals surface area contributed by atoms with E-state index in [1.54, 1.807) is 12.1 Å². The van der Waals surface area contributed by atoms with Crippen LogP contribution in [-0.2, 0) is 4.79 Å². The van der Waals surface area contributed by atoms with Gasteiger partial charge in [-0.3, -0.25) is 4.79 Å². The third-order valence-corrected chi connectivity index (χ3v) is 4.53. The predicted octanol–water partition coefficient (Wildman–Crippen LogP) is 4.99. The van der Waals surface area contributed by atoms with Crippen LogP contribution in [0, 0.1) is 0 Å². The topological polar surface area (TPSA) is 41.5 Å². The minimum atomic E-state index is -0.145. The Labute approximate surface area is 145 Å². The van der Waals surface area contributed by atoms with Crippen LogP contribution >= 0.6 is 39.3 Å². The summed E-state index contributed by atoms with van der Waals surface area (Å²) in [6.45, 7) is 0. The van der Waals surface area contributed by atoms with Crippen molar-refractivity contribution in [2.24, 2.45) is 4.99 Å². The van der Waals surface area contributed by atoms with Crippen LogP contribution in [0.5, 0.6) is 0 Å². The van der Waals surface area contributed by atoms with Crippen molar-refractivity contribution < 1.29 is 4.79 Å². The van der Waals surface area contributed by atoms with Crippen molar-refractivity contribution in [2.45, 2.75) is 0 Å². The SMILES string of the molecule is O=C1NC(=Nc2cccc(Cl)c2)S/C1=C/c1ccc(Br)cc1. The lowest BCUT2D eigenvalue weighted by Crippen LogP contribution is -2.19. The number of amides is 1. The summed E-state index contributed by atoms with van der Waals surface area (Å²) < 4.78 is 1.00. The number of hydrogen-bond acceptors (Lipinski definition) is 3. The lowest BCUT2D eigenvalue weighted by molar-refractivity contribution is -0.115. The van der Waals surface area contributed by atoms with Crippen LogP contribution in [0.2, 0.25) is 5.02 Å². The summed E-state index contributed by atoms with van der Waals surface area (Å²) in [6, 6.07) is 14.9. The third-order valence-electron chi connectivity index (χ3n) is 2.86. The minimum Gasteiger partial charge on any atom is -0.300 e. The molecule has 1 saturated heterocycles. The summed E-state index contributed by atoms with van der Waals surface area (Å²) in [5.74, 6) is -0.145. The van der Waals surface area contributed by atoms with Crippen LogP contribution in [0.3, 0.4) is 0 Å². The molecule has 110 valence electrons. The van der Waals surface area contributed by atoms with E-state index in [0.29, 0.717) is 20.8 Å². The Morgan fingerprint density at radius 2 is 1.95 bits per heavy atom. The number of nitrogens with one attached hydrogen (secondary N) is 1. The highest BCUT2D eigenvalue weighted by Crippen LogP contribution is 2.28. The maximum absolute atomic E-state index is 12.0. The molecule has 0 saturated carbocycles. The van der Waals surface area contributed by atoms with E-state index in [-0.39, 0.29) is 5.91 Å². The summed E-state index contributed by atoms with van der Waals surface area (Å²) >= 11 is 10.6. The Kier molecular flexibility index (Phi) is 4.66. The molecule has 1 aliphatic heterocycles. The molecule has 1 heterocycles. The van der Waals surface area contributed by atoms with E-state index >= 15 is 0 Å². The van der Waals surface area contributed by atoms with E-state index in [9.17, 15) is 4.79 Å². The van der Waals surface area contributed by atoms with Crippen molar-refractivity contribution in [3.8, 4) is 0 Å². The van der Waals surface area contributed by atoms with Gasteiger partial charge in [-0.1, -0.05) is 45.7 Å². The number of carbonyl (C=O) groups excluding carboxylic acids is 1. The first-order valence-electron chi connectivity index (χ1n) is 6.41. The summed E-state index contributed by atoms with van der Waals surface area (Å²) in [5.41, 5.74) is 1.67. The average Bonchev–Trinajstić information content (AvgIpc) is 2.81. The van der Waals surface area contributed by atoms with E-state index in [0.717, 1.165) is 10.0 Å². The van der Waals surface area contributed by atoms with Gasteiger partial charge < -0.3 is 5.32 Å². The first-order chi connectivity index (χ1) is 10.6. The van der Waals surface area contributed by atoms with Crippen LogP contribution in [-0.4, -0.2) is 11.1 Å². The Balaban J connectivity index is 1.82. The second-order valence-corrected chi connectivity index (χ2v) is 6.90. The monoisotopic (exact) mass is 392 g/mol. The van der Waals surface area contributed by atoms with Gasteiger partial charge in [-0.15, -0.1) is 0 Å². The highest BCUT2D eigenvalue weighted by atomic mass is 79.9. The molecule has 3 nitrogen and oxygen atoms in total. The largest absolute Gasteiger partial charge is 0.300 e. The van der Waals surface area contributed by atoms with Gasteiger partial charge in [-0.05, 0) is 53.7 Å². The Morgan fingerprint density at radius 3 is 2.68 bits per heavy atom. The fourth-order valence-corrected chi connectivity index (χ4v) is 3.14. The summed E-state index contributed by atoms with van der Waals surface area (Å²) in [5, 5.41) is 3.92. The fourth-order valence-electron chi connectivity index (χ4n) is 1.85. The second kappa shape index (κ2) is 6.69. The van der Waals surface area contributed by atoms with E-state index in [1.807, 2.05) is 42.5 Å². The molecule has 1 aliphatic rings. The number of benzene rings is 2. The van der Waals surface area contributed by atoms with E-state index in [1.165, 1.54) is 11.8 Å². The molecule has 0 atom stereocenters. The van der Waals surface area contributed by atoms with Gasteiger partial charge in [-0.2, -0.15) is 0 Å². The molecule has 22 heavy (non-hydrogen) atoms. The number of amidine groups is 1. The zero-order valence-corrected chi connectivity index (χ0v) is 14.4. The van der Waals surface area contributed by atoms with Gasteiger partial charge in [0.25, 0.3) is 5.91 Å². The van der Waals surface area contributed by atoms with Gasteiger partial charge >= 0.3 is 0 Å². The van der Waals surface area contributed by atoms with E-state index in [4.69, 9.17) is 11.6 Å². The second-order valence-electron chi connectivity index (χ2n) is 4.51. The first kappa shape index (κ1) is 15.3. The predicted molar refractivity (Wildman–Crippen MR) is 96.4 cm³/mol. The number of rotatable bonds is 2. The van der Waals surface area contributed by atoms with Crippen LogP contribution in [0.1, 0.15) is 5.56 Å². The van der Waals surface area contributed by atoms with Crippen molar-refractivity contribution in [2.75, 3.05) is 0 Å². The zero-order chi connectivity index (χ0) is 15.5. The quantitative estimate of drug-likeness (QED) is 0.730. The third kappa shape index (κ3) is 3.80. The fraction of sp³-hybridized carbons (Fsp3) is 0. The van der Waals surface area contributed by atoms with Gasteiger partial charge in [0.15, 0.2) is 5.17 Å². The van der Waals surface area contributed by atoms with Crippen LogP contribution in [0.4, 0.5) is 5.69 Å². The minimum absolute atomic E-state index is 0.145. The Bertz CT molecular complexity index is 787. The molecule has 6 heteroatoms. The molecular weight excluding hydrogens is 384 g/mol. The lowest BCUT2D eigenvalue weighted by atomic mass is 10.2. The van der Waals surface area contributed by atoms with Crippen molar-refractivity contribution >= 4 is 62.1 Å². The first-order valence-corrected chi connectivity index (χ1v) is 8.40. The number of nitrogens with zero attached hydrogens (tertiary/aromatic N) is 1. The number of hydrogen-bond donors (Lipinski definition) is 1. The highest BCUT2D eigenvalue weighted by Gasteiger charge is 2.23. The molecule has 2 aromatic carbocycles. The van der Waals surface area contributed by atoms with Crippen molar-refractivity contribution in [3.63, 3.8) is 0 Å². The molecule has 2 aromatic rings. The molecule has 0 bridgehead atoms. The highest BCUT2D eigenvalue weighted by molar-refractivity contribution is 9.10. The number of halogens is 2. The summed E-state index contributed by atoms with van der Waals surface area (Å²) in [4.78, 5) is 17.0. The summed E-state index contributed by atoms with van der Waals surface area (Å²) in [6.07, 6.45) is 1.84. The van der Waals surface area contributed by atoms with Crippen LogP contribution in [0.15, 0.2) is 62.9 Å². The van der Waals surface area contributed by atoms with E-state index < -0.39 is 0 Å². The van der Waals surface area contributed by atoms with Gasteiger partial charge in [0, 0.05) is 9.50 Å². The molecule has 0 radical (unpaired) electrons. The average molecular weight is 394 g/mol. The Morgan fingerprint density at radius 1 is 1.18 bits per heavy atom. The molecule has 1 fully saturated rings. The molecular formula is C16H10BrClN2OS. The number of carbonyl (C=O) groups is 1. The van der Waals surface area contributed by atoms with Crippen molar-refractivity contribution in [1.82, 2.24) is 5.32 Å². The Hall–Kier alpha value is -1.56. The summed E-state index contributed by atoms with van der Waals surface area (Å²) in [7, 11) is 0. The molecule has 1 N–H and O–H groups in total. The van der Waals surface area contributed by atoms with Gasteiger partial charge in [0.2, 0.25) is 0 Å². The molecule has 0 unspecified atom stereocenters. The van der Waals surface area contributed by atoms with E-state index in [2.05, 4.69) is 26.2 Å². The molecule has 1 amide bonds. The van der Waals surface area contributed by atoms with Gasteiger partial charge in [0.1, 0.15) is 0 Å². The molecule has 0 aliphatic carbocycles. The zero-order valence-electron chi connectivity index (χ0n) is 11.2. The van der Waals surface area contributed by atoms with Crippen LogP contribution < -0.4 is 5.32 Å². The van der Waals surface area contributed by atoms with Crippen molar-refractivity contribution in [3.05, 3.63) is 68.5 Å². The van der Waals surface area contributed by atoms with Gasteiger partial charge in [-0.25, -0.2) is 4.99 Å². The van der Waals surface area contributed by atoms with Gasteiger partial charge in [0.05, 0.1) is 10.6 Å². The molecule has 0 spiro atoms. The lowest BCUT2D eigenvalue weighted by Gasteiger charge is -1.96. The smallest absolute Gasteiger partial charge is 0.264 e. The molecule has 0 aromatic heterocycles. The standard InChI is InChI=1S/C16H10BrClN2OS/c17-11-6-4-10(5-7-11)8-14-15(21)20-16(22-14)19-13-3-1-2-12(18)9-13/h1-9H,(H,19,20,21)/b14-8+. The van der Waals surface area contributed by atoms with Crippen LogP contribution in [0.25, 0.3) is 6.08 Å². The van der Waals surface area contributed by atoms with Crippen molar-refractivity contribution in [1.29, 1.82) is 0 Å². The maximum atomic E-state index is 12.0. The maximum Gasteiger partial charge on any atom is 0.264 e.